The van der Waals surface area contributed by atoms with Crippen LogP contribution >= 0.6 is 23.2 Å². The Balaban J connectivity index is 2.29. The highest BCUT2D eigenvalue weighted by atomic mass is 35.5. The Labute approximate surface area is 122 Å². The van der Waals surface area contributed by atoms with E-state index in [1.807, 2.05) is 18.2 Å². The van der Waals surface area contributed by atoms with Crippen LogP contribution in [0.3, 0.4) is 0 Å². The first-order chi connectivity index (χ1) is 8.97. The molecule has 0 amide bonds. The van der Waals surface area contributed by atoms with Gasteiger partial charge >= 0.3 is 0 Å². The van der Waals surface area contributed by atoms with Crippen molar-refractivity contribution in [1.82, 2.24) is 9.97 Å². The molecule has 0 saturated carbocycles. The summed E-state index contributed by atoms with van der Waals surface area (Å²) in [7, 11) is 0. The van der Waals surface area contributed by atoms with Gasteiger partial charge in [-0.1, -0.05) is 31.5 Å². The highest BCUT2D eigenvalue weighted by Gasteiger charge is 2.09. The first-order valence-corrected chi connectivity index (χ1v) is 6.69. The highest BCUT2D eigenvalue weighted by molar-refractivity contribution is 6.32. The second-order valence-corrected chi connectivity index (χ2v) is 5.31. The van der Waals surface area contributed by atoms with Gasteiger partial charge in [0, 0.05) is 0 Å². The van der Waals surface area contributed by atoms with Gasteiger partial charge in [-0.15, -0.1) is 0 Å². The summed E-state index contributed by atoms with van der Waals surface area (Å²) in [5, 5.41) is 0.435. The van der Waals surface area contributed by atoms with Crippen molar-refractivity contribution in [1.29, 1.82) is 0 Å². The third-order valence-corrected chi connectivity index (χ3v) is 3.20. The Morgan fingerprint density at radius 2 is 1.95 bits per heavy atom. The summed E-state index contributed by atoms with van der Waals surface area (Å²) in [5.41, 5.74) is 2.46. The molecular weight excluding hydrogens is 283 g/mol. The van der Waals surface area contributed by atoms with Crippen LogP contribution in [0.1, 0.15) is 30.9 Å². The smallest absolute Gasteiger partial charge is 0.242 e. The fourth-order valence-corrected chi connectivity index (χ4v) is 2.13. The minimum absolute atomic E-state index is 0.106. The fourth-order valence-electron chi connectivity index (χ4n) is 1.87. The quantitative estimate of drug-likeness (QED) is 0.747. The molecule has 0 atom stereocenters. The van der Waals surface area contributed by atoms with Crippen LogP contribution in [0.2, 0.25) is 10.3 Å². The Morgan fingerprint density at radius 3 is 2.58 bits per heavy atom. The van der Waals surface area contributed by atoms with E-state index in [0.29, 0.717) is 16.7 Å². The van der Waals surface area contributed by atoms with Gasteiger partial charge in [-0.05, 0) is 47.7 Å². The van der Waals surface area contributed by atoms with Gasteiger partial charge in [0.2, 0.25) is 11.2 Å². The molecule has 3 nitrogen and oxygen atoms in total. The molecule has 2 aromatic rings. The van der Waals surface area contributed by atoms with Gasteiger partial charge in [0.15, 0.2) is 0 Å². The number of nitrogens with zero attached hydrogens (tertiary/aromatic N) is 2. The maximum absolute atomic E-state index is 5.96. The Kier molecular flexibility index (Phi) is 4.27. The molecule has 0 aliphatic heterocycles. The second kappa shape index (κ2) is 5.76. The molecule has 19 heavy (non-hydrogen) atoms. The molecule has 0 N–H and O–H groups in total. The van der Waals surface area contributed by atoms with Gasteiger partial charge < -0.3 is 4.74 Å². The van der Waals surface area contributed by atoms with Gasteiger partial charge in [-0.2, -0.15) is 4.98 Å². The Morgan fingerprint density at radius 1 is 1.21 bits per heavy atom. The Hall–Kier alpha value is -1.32. The minimum Gasteiger partial charge on any atom is -0.437 e. The van der Waals surface area contributed by atoms with Crippen molar-refractivity contribution in [2.24, 2.45) is 0 Å². The van der Waals surface area contributed by atoms with E-state index in [1.54, 1.807) is 0 Å². The standard InChI is InChI=1S/C14H14Cl2N2O/c1-8(2)11-5-4-10(6-9(11)3)19-13-12(15)7-17-14(16)18-13/h4-8H,1-3H3. The molecule has 0 fully saturated rings. The van der Waals surface area contributed by atoms with Crippen molar-refractivity contribution in [3.05, 3.63) is 45.8 Å². The zero-order valence-corrected chi connectivity index (χ0v) is 12.5. The molecule has 0 aliphatic carbocycles. The largest absolute Gasteiger partial charge is 0.437 e. The normalized spacial score (nSPS) is 10.8. The van der Waals surface area contributed by atoms with Gasteiger partial charge in [-0.25, -0.2) is 4.98 Å². The first kappa shape index (κ1) is 14.1. The van der Waals surface area contributed by atoms with Crippen LogP contribution in [0.5, 0.6) is 11.6 Å². The van der Waals surface area contributed by atoms with E-state index in [2.05, 4.69) is 30.7 Å². The van der Waals surface area contributed by atoms with Gasteiger partial charge in [0.05, 0.1) is 6.20 Å². The summed E-state index contributed by atoms with van der Waals surface area (Å²) in [6, 6.07) is 5.91. The molecule has 0 unspecified atom stereocenters. The minimum atomic E-state index is 0.106. The summed E-state index contributed by atoms with van der Waals surface area (Å²) in [6.45, 7) is 6.37. The summed E-state index contributed by atoms with van der Waals surface area (Å²) in [5.74, 6) is 1.42. The van der Waals surface area contributed by atoms with Crippen LogP contribution < -0.4 is 4.74 Å². The molecule has 0 aliphatic rings. The number of hydrogen-bond donors (Lipinski definition) is 0. The molecule has 2 rings (SSSR count). The molecule has 0 bridgehead atoms. The lowest BCUT2D eigenvalue weighted by Crippen LogP contribution is -1.95. The number of aryl methyl sites for hydroxylation is 1. The molecular formula is C14H14Cl2N2O. The molecule has 5 heteroatoms. The van der Waals surface area contributed by atoms with Crippen molar-refractivity contribution in [2.45, 2.75) is 26.7 Å². The van der Waals surface area contributed by atoms with Gasteiger partial charge in [-0.3, -0.25) is 0 Å². The van der Waals surface area contributed by atoms with Crippen molar-refractivity contribution in [2.75, 3.05) is 0 Å². The Bertz CT molecular complexity index is 600. The average Bonchev–Trinajstić information content (AvgIpc) is 2.33. The van der Waals surface area contributed by atoms with E-state index in [1.165, 1.54) is 17.3 Å². The molecule has 1 aromatic carbocycles. The van der Waals surface area contributed by atoms with Crippen LogP contribution in [0.4, 0.5) is 0 Å². The zero-order chi connectivity index (χ0) is 14.0. The van der Waals surface area contributed by atoms with Crippen LogP contribution in [0.25, 0.3) is 0 Å². The number of ether oxygens (including phenoxy) is 1. The molecule has 0 saturated heterocycles. The predicted molar refractivity (Wildman–Crippen MR) is 77.4 cm³/mol. The topological polar surface area (TPSA) is 35.0 Å². The predicted octanol–water partition coefficient (Wildman–Crippen LogP) is 5.01. The number of rotatable bonds is 3. The molecule has 0 radical (unpaired) electrons. The van der Waals surface area contributed by atoms with Crippen LogP contribution in [0.15, 0.2) is 24.4 Å². The van der Waals surface area contributed by atoms with Gasteiger partial charge in [0.1, 0.15) is 10.8 Å². The number of aromatic nitrogens is 2. The van der Waals surface area contributed by atoms with E-state index in [-0.39, 0.29) is 11.2 Å². The maximum Gasteiger partial charge on any atom is 0.242 e. The van der Waals surface area contributed by atoms with E-state index in [0.717, 1.165) is 0 Å². The van der Waals surface area contributed by atoms with Crippen LogP contribution in [0, 0.1) is 6.92 Å². The summed E-state index contributed by atoms with van der Waals surface area (Å²) in [6.07, 6.45) is 1.42. The lowest BCUT2D eigenvalue weighted by molar-refractivity contribution is 0.461. The van der Waals surface area contributed by atoms with Crippen LogP contribution in [-0.4, -0.2) is 9.97 Å². The second-order valence-electron chi connectivity index (χ2n) is 4.57. The van der Waals surface area contributed by atoms with Crippen molar-refractivity contribution in [3.63, 3.8) is 0 Å². The lowest BCUT2D eigenvalue weighted by Gasteiger charge is -2.12. The van der Waals surface area contributed by atoms with Crippen molar-refractivity contribution >= 4 is 23.2 Å². The van der Waals surface area contributed by atoms with E-state index >= 15 is 0 Å². The number of hydrogen-bond acceptors (Lipinski definition) is 3. The van der Waals surface area contributed by atoms with E-state index < -0.39 is 0 Å². The number of halogens is 2. The van der Waals surface area contributed by atoms with Crippen molar-refractivity contribution < 1.29 is 4.74 Å². The zero-order valence-electron chi connectivity index (χ0n) is 10.9. The van der Waals surface area contributed by atoms with Crippen LogP contribution in [-0.2, 0) is 0 Å². The summed E-state index contributed by atoms with van der Waals surface area (Å²) in [4.78, 5) is 7.73. The first-order valence-electron chi connectivity index (χ1n) is 5.94. The fraction of sp³-hybridized carbons (Fsp3) is 0.286. The number of benzene rings is 1. The molecule has 0 spiro atoms. The third-order valence-electron chi connectivity index (χ3n) is 2.76. The maximum atomic E-state index is 5.96. The summed E-state index contributed by atoms with van der Waals surface area (Å²) < 4.78 is 5.64. The SMILES string of the molecule is Cc1cc(Oc2nc(Cl)ncc2Cl)ccc1C(C)C. The van der Waals surface area contributed by atoms with E-state index in [4.69, 9.17) is 27.9 Å². The highest BCUT2D eigenvalue weighted by Crippen LogP contribution is 2.30. The summed E-state index contributed by atoms with van der Waals surface area (Å²) >= 11 is 11.7. The van der Waals surface area contributed by atoms with E-state index in [9.17, 15) is 0 Å². The molecule has 1 aromatic heterocycles. The molecule has 100 valence electrons. The van der Waals surface area contributed by atoms with Gasteiger partial charge in [0.25, 0.3) is 0 Å². The molecule has 1 heterocycles. The lowest BCUT2D eigenvalue weighted by atomic mass is 9.98. The monoisotopic (exact) mass is 296 g/mol. The van der Waals surface area contributed by atoms with Crippen molar-refractivity contribution in [3.8, 4) is 11.6 Å². The average molecular weight is 297 g/mol. The third kappa shape index (κ3) is 3.37.